The number of hydrogen-bond donors (Lipinski definition) is 1. The van der Waals surface area contributed by atoms with Gasteiger partial charge in [-0.15, -0.1) is 22.9 Å². The first kappa shape index (κ1) is 26.1. The van der Waals surface area contributed by atoms with Crippen LogP contribution in [0.2, 0.25) is 0 Å². The lowest BCUT2D eigenvalue weighted by Crippen LogP contribution is -2.28. The Morgan fingerprint density at radius 3 is 2.66 bits per heavy atom. The van der Waals surface area contributed by atoms with E-state index in [0.29, 0.717) is 31.4 Å². The van der Waals surface area contributed by atoms with Crippen molar-refractivity contribution in [1.82, 2.24) is 10.3 Å². The molecule has 7 nitrogen and oxygen atoms in total. The summed E-state index contributed by atoms with van der Waals surface area (Å²) in [5, 5.41) is 12.7. The number of halogens is 1. The monoisotopic (exact) mass is 478 g/mol. The third kappa shape index (κ3) is 9.13. The summed E-state index contributed by atoms with van der Waals surface area (Å²) in [5.41, 5.74) is 1.94. The Kier molecular flexibility index (Phi) is 12.1. The maximum atomic E-state index is 12.3. The molecule has 0 saturated carbocycles. The largest absolute Gasteiger partial charge is 0.379 e. The molecular formula is C23H31ClN4O3S. The Labute approximate surface area is 199 Å². The number of carbonyl (C=O) groups excluding carboxylic acids is 1. The standard InChI is InChI=1S/C23H31ClN4O3S/c1-28(2)19-7-8-20-21(16-19)32-22(27-20)15-18(17-25)23(29)26-10-12-31-14-13-30-11-6-4-3-5-9-24/h7-8,15-16H,3-6,9-14H2,1-2H3,(H,26,29)/b18-15+. The molecule has 1 aromatic carbocycles. The van der Waals surface area contributed by atoms with Gasteiger partial charge >= 0.3 is 0 Å². The molecule has 1 aromatic heterocycles. The van der Waals surface area contributed by atoms with Crippen LogP contribution < -0.4 is 10.2 Å². The van der Waals surface area contributed by atoms with Gasteiger partial charge in [-0.3, -0.25) is 4.79 Å². The fourth-order valence-corrected chi connectivity index (χ4v) is 3.98. The molecule has 0 fully saturated rings. The molecule has 2 aromatic rings. The highest BCUT2D eigenvalue weighted by Gasteiger charge is 2.11. The zero-order chi connectivity index (χ0) is 23.2. The second-order valence-corrected chi connectivity index (χ2v) is 8.79. The van der Waals surface area contributed by atoms with Crippen molar-refractivity contribution in [3.8, 4) is 6.07 Å². The number of rotatable bonds is 15. The van der Waals surface area contributed by atoms with Gasteiger partial charge in [0.05, 0.1) is 30.0 Å². The maximum Gasteiger partial charge on any atom is 0.262 e. The van der Waals surface area contributed by atoms with Crippen molar-refractivity contribution in [2.45, 2.75) is 25.7 Å². The Hall–Kier alpha value is -2.18. The second kappa shape index (κ2) is 14.8. The first-order chi connectivity index (χ1) is 15.5. The number of benzene rings is 1. The van der Waals surface area contributed by atoms with Gasteiger partial charge in [0.25, 0.3) is 5.91 Å². The highest BCUT2D eigenvalue weighted by molar-refractivity contribution is 7.19. The van der Waals surface area contributed by atoms with Crippen LogP contribution in [0, 0.1) is 11.3 Å². The number of nitrogens with one attached hydrogen (secondary N) is 1. The van der Waals surface area contributed by atoms with Gasteiger partial charge in [-0.05, 0) is 37.1 Å². The van der Waals surface area contributed by atoms with Crippen molar-refractivity contribution in [2.75, 3.05) is 57.8 Å². The molecule has 0 bridgehead atoms. The molecule has 0 aliphatic carbocycles. The van der Waals surface area contributed by atoms with E-state index in [1.54, 1.807) is 0 Å². The van der Waals surface area contributed by atoms with Gasteiger partial charge in [0.2, 0.25) is 0 Å². The van der Waals surface area contributed by atoms with Crippen LogP contribution in [0.3, 0.4) is 0 Å². The fraction of sp³-hybridized carbons (Fsp3) is 0.522. The molecule has 1 amide bonds. The maximum absolute atomic E-state index is 12.3. The Bertz CT molecular complexity index is 924. The average Bonchev–Trinajstić information content (AvgIpc) is 3.19. The van der Waals surface area contributed by atoms with Crippen LogP contribution in [0.1, 0.15) is 30.7 Å². The number of anilines is 1. The fourth-order valence-electron chi connectivity index (χ4n) is 2.85. The molecule has 1 heterocycles. The number of hydrogen-bond acceptors (Lipinski definition) is 7. The number of nitrogens with zero attached hydrogens (tertiary/aromatic N) is 3. The predicted molar refractivity (Wildman–Crippen MR) is 131 cm³/mol. The highest BCUT2D eigenvalue weighted by atomic mass is 35.5. The number of unbranched alkanes of at least 4 members (excludes halogenated alkanes) is 3. The summed E-state index contributed by atoms with van der Waals surface area (Å²) < 4.78 is 12.0. The van der Waals surface area contributed by atoms with E-state index in [-0.39, 0.29) is 5.57 Å². The van der Waals surface area contributed by atoms with Gasteiger partial charge in [0.1, 0.15) is 16.6 Å². The van der Waals surface area contributed by atoms with Gasteiger partial charge in [-0.25, -0.2) is 4.98 Å². The van der Waals surface area contributed by atoms with Crippen molar-refractivity contribution in [3.63, 3.8) is 0 Å². The van der Waals surface area contributed by atoms with Crippen LogP contribution in [0.5, 0.6) is 0 Å². The zero-order valence-electron chi connectivity index (χ0n) is 18.7. The molecule has 1 N–H and O–H groups in total. The topological polar surface area (TPSA) is 87.5 Å². The zero-order valence-corrected chi connectivity index (χ0v) is 20.3. The van der Waals surface area contributed by atoms with Crippen LogP contribution >= 0.6 is 22.9 Å². The van der Waals surface area contributed by atoms with Crippen LogP contribution in [0.25, 0.3) is 16.3 Å². The van der Waals surface area contributed by atoms with Gasteiger partial charge < -0.3 is 19.7 Å². The van der Waals surface area contributed by atoms with Gasteiger partial charge in [-0.1, -0.05) is 12.8 Å². The third-order valence-electron chi connectivity index (χ3n) is 4.61. The molecule has 32 heavy (non-hydrogen) atoms. The first-order valence-corrected chi connectivity index (χ1v) is 12.1. The smallest absolute Gasteiger partial charge is 0.262 e. The summed E-state index contributed by atoms with van der Waals surface area (Å²) in [6.45, 7) is 2.40. The quantitative estimate of drug-likeness (QED) is 0.178. The minimum atomic E-state index is -0.433. The van der Waals surface area contributed by atoms with Crippen LogP contribution in [-0.2, 0) is 14.3 Å². The predicted octanol–water partition coefficient (Wildman–Crippen LogP) is 4.22. The van der Waals surface area contributed by atoms with Crippen LogP contribution in [0.4, 0.5) is 5.69 Å². The van der Waals surface area contributed by atoms with E-state index in [4.69, 9.17) is 21.1 Å². The summed E-state index contributed by atoms with van der Waals surface area (Å²) in [7, 11) is 3.95. The molecule has 9 heteroatoms. The lowest BCUT2D eigenvalue weighted by Gasteiger charge is -2.11. The Morgan fingerprint density at radius 2 is 1.94 bits per heavy atom. The SMILES string of the molecule is CN(C)c1ccc2nc(/C=C(\C#N)C(=O)NCCOCCOCCCCCCCl)sc2c1. The summed E-state index contributed by atoms with van der Waals surface area (Å²) in [6.07, 6.45) is 5.87. The van der Waals surface area contributed by atoms with Gasteiger partial charge in [0, 0.05) is 38.8 Å². The number of nitriles is 1. The van der Waals surface area contributed by atoms with E-state index < -0.39 is 5.91 Å². The van der Waals surface area contributed by atoms with Crippen molar-refractivity contribution in [3.05, 3.63) is 28.8 Å². The van der Waals surface area contributed by atoms with E-state index in [1.807, 2.05) is 43.3 Å². The van der Waals surface area contributed by atoms with E-state index in [0.717, 1.165) is 54.1 Å². The van der Waals surface area contributed by atoms with Crippen LogP contribution in [-0.4, -0.2) is 63.8 Å². The normalized spacial score (nSPS) is 11.5. The van der Waals surface area contributed by atoms with Crippen molar-refractivity contribution in [1.29, 1.82) is 5.26 Å². The van der Waals surface area contributed by atoms with Gasteiger partial charge in [-0.2, -0.15) is 5.26 Å². The number of aromatic nitrogens is 1. The van der Waals surface area contributed by atoms with Crippen molar-refractivity contribution < 1.29 is 14.3 Å². The molecule has 0 unspecified atom stereocenters. The van der Waals surface area contributed by atoms with E-state index in [1.165, 1.54) is 17.4 Å². The van der Waals surface area contributed by atoms with Crippen molar-refractivity contribution >= 4 is 50.8 Å². The number of ether oxygens (including phenoxy) is 2. The lowest BCUT2D eigenvalue weighted by molar-refractivity contribution is -0.117. The van der Waals surface area contributed by atoms with Crippen LogP contribution in [0.15, 0.2) is 23.8 Å². The summed E-state index contributed by atoms with van der Waals surface area (Å²) in [6, 6.07) is 7.92. The third-order valence-corrected chi connectivity index (χ3v) is 5.85. The summed E-state index contributed by atoms with van der Waals surface area (Å²) >= 11 is 7.08. The van der Waals surface area contributed by atoms with E-state index in [2.05, 4.69) is 10.3 Å². The minimum Gasteiger partial charge on any atom is -0.379 e. The molecular weight excluding hydrogens is 448 g/mol. The number of carbonyl (C=O) groups is 1. The number of thiazole rings is 1. The Balaban J connectivity index is 1.69. The van der Waals surface area contributed by atoms with E-state index >= 15 is 0 Å². The summed E-state index contributed by atoms with van der Waals surface area (Å²) in [5.74, 6) is 0.286. The highest BCUT2D eigenvalue weighted by Crippen LogP contribution is 2.27. The summed E-state index contributed by atoms with van der Waals surface area (Å²) in [4.78, 5) is 18.8. The number of fused-ring (bicyclic) bond motifs is 1. The minimum absolute atomic E-state index is 0.0226. The number of amides is 1. The molecule has 2 rings (SSSR count). The molecule has 0 aliphatic heterocycles. The molecule has 0 radical (unpaired) electrons. The molecule has 0 atom stereocenters. The first-order valence-electron chi connectivity index (χ1n) is 10.7. The van der Waals surface area contributed by atoms with Crippen molar-refractivity contribution in [2.24, 2.45) is 0 Å². The molecule has 0 saturated heterocycles. The van der Waals surface area contributed by atoms with E-state index in [9.17, 15) is 10.1 Å². The Morgan fingerprint density at radius 1 is 1.19 bits per heavy atom. The lowest BCUT2D eigenvalue weighted by atomic mass is 10.2. The van der Waals surface area contributed by atoms with Gasteiger partial charge in [0.15, 0.2) is 0 Å². The molecule has 174 valence electrons. The second-order valence-electron chi connectivity index (χ2n) is 7.35. The average molecular weight is 479 g/mol. The molecule has 0 aliphatic rings. The molecule has 0 spiro atoms. The number of alkyl halides is 1.